The molecule has 1 aliphatic rings. The second-order valence-corrected chi connectivity index (χ2v) is 6.36. The minimum Gasteiger partial charge on any atom is -0.242 e. The first kappa shape index (κ1) is 12.1. The third kappa shape index (κ3) is 2.48. The van der Waals surface area contributed by atoms with Crippen molar-refractivity contribution in [2.45, 2.75) is 24.3 Å². The van der Waals surface area contributed by atoms with Crippen LogP contribution in [0.4, 0.5) is 0 Å². The lowest BCUT2D eigenvalue weighted by atomic mass is 10.5. The van der Waals surface area contributed by atoms with Crippen molar-refractivity contribution < 1.29 is 8.42 Å². The van der Waals surface area contributed by atoms with E-state index in [0.717, 1.165) is 6.42 Å². The lowest BCUT2D eigenvalue weighted by Crippen LogP contribution is -2.26. The fourth-order valence-corrected chi connectivity index (χ4v) is 2.97. The summed E-state index contributed by atoms with van der Waals surface area (Å²) in [5.74, 6) is 0.394. The Morgan fingerprint density at radius 2 is 2.12 bits per heavy atom. The second kappa shape index (κ2) is 4.14. The Morgan fingerprint density at radius 1 is 1.50 bits per heavy atom. The van der Waals surface area contributed by atoms with E-state index in [0.29, 0.717) is 5.92 Å². The first-order valence-corrected chi connectivity index (χ1v) is 6.97. The van der Waals surface area contributed by atoms with E-state index in [4.69, 9.17) is 23.2 Å². The number of sulfonamides is 1. The zero-order valence-corrected chi connectivity index (χ0v) is 10.8. The van der Waals surface area contributed by atoms with E-state index in [-0.39, 0.29) is 21.1 Å². The molecule has 1 saturated carbocycles. The van der Waals surface area contributed by atoms with E-state index < -0.39 is 10.0 Å². The topological polar surface area (TPSA) is 59.1 Å². The number of nitrogens with one attached hydrogen (secondary N) is 1. The normalized spacial score (nSPS) is 24.4. The second-order valence-electron chi connectivity index (χ2n) is 3.88. The summed E-state index contributed by atoms with van der Waals surface area (Å²) in [6, 6.07) is 1.33. The Kier molecular flexibility index (Phi) is 3.13. The average Bonchev–Trinajstić information content (AvgIpc) is 2.85. The van der Waals surface area contributed by atoms with Crippen LogP contribution in [-0.2, 0) is 10.0 Å². The number of hydrogen-bond acceptors (Lipinski definition) is 3. The Bertz CT molecular complexity index is 518. The van der Waals surface area contributed by atoms with Gasteiger partial charge in [0.1, 0.15) is 10.0 Å². The van der Waals surface area contributed by atoms with Crippen molar-refractivity contribution in [3.8, 4) is 0 Å². The van der Waals surface area contributed by atoms with Gasteiger partial charge in [-0.25, -0.2) is 18.1 Å². The highest BCUT2D eigenvalue weighted by Gasteiger charge is 2.36. The number of aromatic nitrogens is 1. The zero-order chi connectivity index (χ0) is 11.9. The van der Waals surface area contributed by atoms with Crippen LogP contribution in [0.2, 0.25) is 10.2 Å². The van der Waals surface area contributed by atoms with Crippen LogP contribution < -0.4 is 4.72 Å². The molecule has 0 amide bonds. The van der Waals surface area contributed by atoms with E-state index in [1.807, 2.05) is 6.92 Å². The Morgan fingerprint density at radius 3 is 2.62 bits per heavy atom. The van der Waals surface area contributed by atoms with E-state index in [1.165, 1.54) is 12.3 Å². The smallest absolute Gasteiger partial charge is 0.242 e. The van der Waals surface area contributed by atoms with E-state index in [2.05, 4.69) is 9.71 Å². The molecule has 1 fully saturated rings. The molecule has 1 aromatic heterocycles. The SMILES string of the molecule is CC1CC1NS(=O)(=O)c1cnc(Cl)c(Cl)c1. The van der Waals surface area contributed by atoms with Gasteiger partial charge in [-0.3, -0.25) is 0 Å². The molecule has 0 spiro atoms. The quantitative estimate of drug-likeness (QED) is 0.863. The maximum Gasteiger partial charge on any atom is 0.242 e. The molecule has 1 N–H and O–H groups in total. The molecule has 0 saturated heterocycles. The van der Waals surface area contributed by atoms with Crippen LogP contribution >= 0.6 is 23.2 Å². The van der Waals surface area contributed by atoms with Crippen molar-refractivity contribution in [1.29, 1.82) is 0 Å². The summed E-state index contributed by atoms with van der Waals surface area (Å²) in [6.07, 6.45) is 2.07. The van der Waals surface area contributed by atoms with Gasteiger partial charge in [0.25, 0.3) is 0 Å². The fourth-order valence-electron chi connectivity index (χ4n) is 1.30. The van der Waals surface area contributed by atoms with Gasteiger partial charge >= 0.3 is 0 Å². The Hall–Kier alpha value is -0.360. The molecular weight excluding hydrogens is 271 g/mol. The van der Waals surface area contributed by atoms with Crippen LogP contribution in [-0.4, -0.2) is 19.4 Å². The molecule has 2 unspecified atom stereocenters. The predicted octanol–water partition coefficient (Wildman–Crippen LogP) is 2.08. The van der Waals surface area contributed by atoms with Gasteiger partial charge in [-0.15, -0.1) is 0 Å². The van der Waals surface area contributed by atoms with Crippen LogP contribution in [0.25, 0.3) is 0 Å². The summed E-state index contributed by atoms with van der Waals surface area (Å²) in [4.78, 5) is 3.75. The summed E-state index contributed by atoms with van der Waals surface area (Å²) >= 11 is 11.3. The average molecular weight is 281 g/mol. The molecule has 0 aliphatic heterocycles. The largest absolute Gasteiger partial charge is 0.242 e. The molecular formula is C9H10Cl2N2O2S. The van der Waals surface area contributed by atoms with Crippen LogP contribution in [0.15, 0.2) is 17.2 Å². The fraction of sp³-hybridized carbons (Fsp3) is 0.444. The summed E-state index contributed by atoms with van der Waals surface area (Å²) in [5.41, 5.74) is 0. The molecule has 0 radical (unpaired) electrons. The molecule has 7 heteroatoms. The monoisotopic (exact) mass is 280 g/mol. The van der Waals surface area contributed by atoms with Crippen molar-refractivity contribution in [1.82, 2.24) is 9.71 Å². The molecule has 1 aliphatic carbocycles. The number of pyridine rings is 1. The van der Waals surface area contributed by atoms with Gasteiger partial charge in [-0.05, 0) is 18.4 Å². The van der Waals surface area contributed by atoms with Gasteiger partial charge in [0, 0.05) is 12.2 Å². The van der Waals surface area contributed by atoms with Gasteiger partial charge in [-0.1, -0.05) is 30.1 Å². The van der Waals surface area contributed by atoms with Gasteiger partial charge in [0.05, 0.1) is 5.02 Å². The predicted molar refractivity (Wildman–Crippen MR) is 62.1 cm³/mol. The number of nitrogens with zero attached hydrogens (tertiary/aromatic N) is 1. The molecule has 16 heavy (non-hydrogen) atoms. The van der Waals surface area contributed by atoms with Crippen molar-refractivity contribution >= 4 is 33.2 Å². The van der Waals surface area contributed by atoms with Gasteiger partial charge in [0.15, 0.2) is 0 Å². The third-order valence-corrected chi connectivity index (χ3v) is 4.64. The standard InChI is InChI=1S/C9H10Cl2N2O2S/c1-5-2-8(5)13-16(14,15)6-3-7(10)9(11)12-4-6/h3-5,8,13H,2H2,1H3. The lowest BCUT2D eigenvalue weighted by Gasteiger charge is -2.06. The van der Waals surface area contributed by atoms with Crippen molar-refractivity contribution in [2.75, 3.05) is 0 Å². The van der Waals surface area contributed by atoms with Crippen LogP contribution in [0.5, 0.6) is 0 Å². The summed E-state index contributed by atoms with van der Waals surface area (Å²) < 4.78 is 26.3. The highest BCUT2D eigenvalue weighted by atomic mass is 35.5. The van der Waals surface area contributed by atoms with Crippen LogP contribution in [0.1, 0.15) is 13.3 Å². The molecule has 0 aromatic carbocycles. The Balaban J connectivity index is 2.25. The summed E-state index contributed by atoms with van der Waals surface area (Å²) in [5, 5.41) is 0.230. The van der Waals surface area contributed by atoms with Gasteiger partial charge in [0.2, 0.25) is 10.0 Å². The highest BCUT2D eigenvalue weighted by molar-refractivity contribution is 7.89. The first-order valence-electron chi connectivity index (χ1n) is 4.73. The van der Waals surface area contributed by atoms with Gasteiger partial charge < -0.3 is 0 Å². The van der Waals surface area contributed by atoms with Crippen molar-refractivity contribution in [2.24, 2.45) is 5.92 Å². The molecule has 1 heterocycles. The van der Waals surface area contributed by atoms with Crippen molar-refractivity contribution in [3.05, 3.63) is 22.4 Å². The maximum atomic E-state index is 11.8. The number of hydrogen-bond donors (Lipinski definition) is 1. The minimum absolute atomic E-state index is 0.0273. The van der Waals surface area contributed by atoms with E-state index >= 15 is 0 Å². The van der Waals surface area contributed by atoms with Crippen LogP contribution in [0.3, 0.4) is 0 Å². The number of halogens is 2. The lowest BCUT2D eigenvalue weighted by molar-refractivity contribution is 0.578. The number of rotatable bonds is 3. The van der Waals surface area contributed by atoms with E-state index in [9.17, 15) is 8.42 Å². The molecule has 2 atom stereocenters. The molecule has 88 valence electrons. The third-order valence-electron chi connectivity index (χ3n) is 2.50. The Labute approximate surface area is 104 Å². The molecule has 4 nitrogen and oxygen atoms in total. The summed E-state index contributed by atoms with van der Waals surface area (Å²) in [7, 11) is -3.52. The molecule has 1 aromatic rings. The summed E-state index contributed by atoms with van der Waals surface area (Å²) in [6.45, 7) is 1.99. The molecule has 2 rings (SSSR count). The first-order chi connectivity index (χ1) is 7.40. The minimum atomic E-state index is -3.52. The van der Waals surface area contributed by atoms with Crippen molar-refractivity contribution in [3.63, 3.8) is 0 Å². The van der Waals surface area contributed by atoms with E-state index in [1.54, 1.807) is 0 Å². The maximum absolute atomic E-state index is 11.8. The van der Waals surface area contributed by atoms with Crippen LogP contribution in [0, 0.1) is 5.92 Å². The highest BCUT2D eigenvalue weighted by Crippen LogP contribution is 2.31. The molecule has 0 bridgehead atoms. The van der Waals surface area contributed by atoms with Gasteiger partial charge in [-0.2, -0.15) is 0 Å². The zero-order valence-electron chi connectivity index (χ0n) is 8.44.